The van der Waals surface area contributed by atoms with Crippen LogP contribution in [0.3, 0.4) is 0 Å². The van der Waals surface area contributed by atoms with E-state index < -0.39 is 0 Å². The van der Waals surface area contributed by atoms with Gasteiger partial charge in [0.15, 0.2) is 0 Å². The van der Waals surface area contributed by atoms with Gasteiger partial charge in [0.05, 0.1) is 34.5 Å². The minimum Gasteiger partial charge on any atom is -0.344 e. The van der Waals surface area contributed by atoms with Gasteiger partial charge in [0.2, 0.25) is 6.41 Å². The van der Waals surface area contributed by atoms with Gasteiger partial charge in [-0.05, 0) is 50.5 Å². The Morgan fingerprint density at radius 2 is 1.94 bits per heavy atom. The number of hydrogen-bond acceptors (Lipinski definition) is 4. The summed E-state index contributed by atoms with van der Waals surface area (Å²) in [5.41, 5.74) is 8.33. The lowest BCUT2D eigenvalue weighted by Gasteiger charge is -2.58. The number of rotatable bonds is 4. The van der Waals surface area contributed by atoms with Crippen molar-refractivity contribution in [3.05, 3.63) is 52.9 Å². The van der Waals surface area contributed by atoms with Crippen molar-refractivity contribution in [1.82, 2.24) is 34.7 Å². The molecule has 36 heavy (non-hydrogen) atoms. The van der Waals surface area contributed by atoms with Crippen LogP contribution in [0.25, 0.3) is 44.2 Å². The molecule has 2 fully saturated rings. The van der Waals surface area contributed by atoms with Crippen LogP contribution in [0, 0.1) is 19.3 Å². The quantitative estimate of drug-likeness (QED) is 0.351. The van der Waals surface area contributed by atoms with Crippen LogP contribution in [0.15, 0.2) is 36.7 Å². The molecule has 0 atom stereocenters. The zero-order valence-corrected chi connectivity index (χ0v) is 21.2. The van der Waals surface area contributed by atoms with E-state index in [0.29, 0.717) is 6.04 Å². The molecule has 2 aliphatic rings. The van der Waals surface area contributed by atoms with Gasteiger partial charge in [-0.15, -0.1) is 0 Å². The number of fused-ring (bicyclic) bond motifs is 2. The zero-order chi connectivity index (χ0) is 24.8. The Morgan fingerprint density at radius 1 is 1.14 bits per heavy atom. The van der Waals surface area contributed by atoms with Gasteiger partial charge in [-0.1, -0.05) is 17.7 Å². The minimum absolute atomic E-state index is 0.248. The van der Waals surface area contributed by atoms with Gasteiger partial charge in [-0.3, -0.25) is 19.3 Å². The van der Waals surface area contributed by atoms with Gasteiger partial charge >= 0.3 is 0 Å². The first-order valence-corrected chi connectivity index (χ1v) is 12.6. The van der Waals surface area contributed by atoms with Crippen molar-refractivity contribution in [1.29, 1.82) is 0 Å². The van der Waals surface area contributed by atoms with Crippen LogP contribution in [0.5, 0.6) is 0 Å². The summed E-state index contributed by atoms with van der Waals surface area (Å²) < 4.78 is 4.07. The number of carbonyl (C=O) groups excluding carboxylic acids is 1. The fourth-order valence-electron chi connectivity index (χ4n) is 6.39. The Kier molecular flexibility index (Phi) is 4.46. The fraction of sp³-hybridized carbons (Fsp3) is 0.333. The van der Waals surface area contributed by atoms with Gasteiger partial charge in [-0.25, -0.2) is 0 Å². The Balaban J connectivity index is 1.42. The summed E-state index contributed by atoms with van der Waals surface area (Å²) in [6.45, 7) is 5.87. The van der Waals surface area contributed by atoms with Gasteiger partial charge in [0.25, 0.3) is 0 Å². The van der Waals surface area contributed by atoms with Crippen molar-refractivity contribution in [2.24, 2.45) is 12.5 Å². The Labute approximate surface area is 212 Å². The highest BCUT2D eigenvalue weighted by Gasteiger charge is 2.53. The lowest BCUT2D eigenvalue weighted by Crippen LogP contribution is -2.61. The van der Waals surface area contributed by atoms with E-state index in [1.54, 1.807) is 0 Å². The third-order valence-electron chi connectivity index (χ3n) is 8.19. The van der Waals surface area contributed by atoms with Crippen LogP contribution in [0.4, 0.5) is 0 Å². The summed E-state index contributed by atoms with van der Waals surface area (Å²) in [6.07, 6.45) is 6.76. The first kappa shape index (κ1) is 21.6. The summed E-state index contributed by atoms with van der Waals surface area (Å²) in [5, 5.41) is 19.9. The molecule has 8 nitrogen and oxygen atoms in total. The largest absolute Gasteiger partial charge is 0.344 e. The number of likely N-dealkylation sites (tertiary alicyclic amines) is 1. The van der Waals surface area contributed by atoms with Crippen molar-refractivity contribution in [2.45, 2.75) is 32.7 Å². The number of nitrogens with one attached hydrogen (secondary N) is 1. The van der Waals surface area contributed by atoms with Crippen molar-refractivity contribution < 1.29 is 4.79 Å². The third kappa shape index (κ3) is 2.94. The average molecular weight is 500 g/mol. The van der Waals surface area contributed by atoms with Gasteiger partial charge in [-0.2, -0.15) is 15.3 Å². The Bertz CT molecular complexity index is 1680. The molecule has 1 spiro atoms. The van der Waals surface area contributed by atoms with Crippen LogP contribution >= 0.6 is 11.6 Å². The number of aromatic amines is 1. The molecular formula is C27H26ClN7O. The van der Waals surface area contributed by atoms with Crippen LogP contribution in [-0.2, 0) is 11.8 Å². The van der Waals surface area contributed by atoms with Crippen molar-refractivity contribution in [2.75, 3.05) is 13.1 Å². The highest BCUT2D eigenvalue weighted by molar-refractivity contribution is 6.36. The summed E-state index contributed by atoms with van der Waals surface area (Å²) in [6, 6.07) is 8.72. The monoisotopic (exact) mass is 499 g/mol. The maximum Gasteiger partial charge on any atom is 0.209 e. The van der Waals surface area contributed by atoms with Crippen LogP contribution in [0.2, 0.25) is 5.02 Å². The van der Waals surface area contributed by atoms with Crippen LogP contribution < -0.4 is 0 Å². The number of aryl methyl sites for hydroxylation is 2. The predicted molar refractivity (Wildman–Crippen MR) is 140 cm³/mol. The molecule has 1 N–H and O–H groups in total. The SMILES string of the molecule is Cc1cc2[nH]ncc2c(-c2c(-c3ccc4c(cnn4C)c3)nn(C3CC4(C3)CN(C=O)C4)c2C)c1Cl. The normalized spacial score (nSPS) is 17.2. The fourth-order valence-corrected chi connectivity index (χ4v) is 6.64. The van der Waals surface area contributed by atoms with E-state index in [0.717, 1.165) is 92.8 Å². The number of H-pyrrole nitrogens is 1. The van der Waals surface area contributed by atoms with Crippen molar-refractivity contribution in [3.63, 3.8) is 0 Å². The van der Waals surface area contributed by atoms with E-state index in [-0.39, 0.29) is 5.41 Å². The molecule has 182 valence electrons. The van der Waals surface area contributed by atoms with E-state index in [4.69, 9.17) is 16.7 Å². The van der Waals surface area contributed by atoms with Gasteiger partial charge < -0.3 is 4.90 Å². The molecule has 2 aromatic carbocycles. The molecule has 1 aliphatic heterocycles. The summed E-state index contributed by atoms with van der Waals surface area (Å²) >= 11 is 7.01. The van der Waals surface area contributed by atoms with E-state index >= 15 is 0 Å². The second-order valence-corrected chi connectivity index (χ2v) is 11.0. The third-order valence-corrected chi connectivity index (χ3v) is 8.68. The van der Waals surface area contributed by atoms with E-state index in [1.165, 1.54) is 0 Å². The average Bonchev–Trinajstić information content (AvgIpc) is 3.51. The van der Waals surface area contributed by atoms with E-state index in [1.807, 2.05) is 42.0 Å². The Hall–Kier alpha value is -3.65. The standard InChI is InChI=1S/C27H26ClN7O/c1-15-6-21-20(11-29-31-21)24(25(15)28)23-16(2)35(19-8-27(9-19)12-34(13-27)14-36)32-26(23)17-4-5-22-18(7-17)10-30-33(22)3/h4-7,10-11,14,19H,8-9,12-13H2,1-3H3,(H,29,31). The van der Waals surface area contributed by atoms with Crippen molar-refractivity contribution >= 4 is 39.8 Å². The number of halogens is 1. The number of nitrogens with zero attached hydrogens (tertiary/aromatic N) is 6. The number of hydrogen-bond donors (Lipinski definition) is 1. The maximum atomic E-state index is 11.1. The maximum absolute atomic E-state index is 11.1. The predicted octanol–water partition coefficient (Wildman–Crippen LogP) is 5.04. The number of amides is 1. The molecule has 1 amide bonds. The summed E-state index contributed by atoms with van der Waals surface area (Å²) in [4.78, 5) is 13.0. The zero-order valence-electron chi connectivity index (χ0n) is 20.4. The number of benzene rings is 2. The van der Waals surface area contributed by atoms with Gasteiger partial charge in [0.1, 0.15) is 5.69 Å². The molecule has 3 aromatic heterocycles. The molecule has 1 saturated heterocycles. The molecule has 9 heteroatoms. The lowest BCUT2D eigenvalue weighted by atomic mass is 9.61. The molecule has 1 aliphatic carbocycles. The second-order valence-electron chi connectivity index (χ2n) is 10.6. The molecule has 0 radical (unpaired) electrons. The minimum atomic E-state index is 0.248. The highest BCUT2D eigenvalue weighted by Crippen LogP contribution is 2.55. The number of aromatic nitrogens is 6. The highest BCUT2D eigenvalue weighted by atomic mass is 35.5. The van der Waals surface area contributed by atoms with E-state index in [9.17, 15) is 4.79 Å². The number of carbonyl (C=O) groups is 1. The molecule has 7 rings (SSSR count). The molecule has 1 saturated carbocycles. The lowest BCUT2D eigenvalue weighted by molar-refractivity contribution is -0.140. The summed E-state index contributed by atoms with van der Waals surface area (Å²) in [7, 11) is 1.95. The molecule has 4 heterocycles. The first-order chi connectivity index (χ1) is 17.4. The topological polar surface area (TPSA) is 84.6 Å². The van der Waals surface area contributed by atoms with E-state index in [2.05, 4.69) is 45.1 Å². The molecule has 0 bridgehead atoms. The van der Waals surface area contributed by atoms with Crippen molar-refractivity contribution in [3.8, 4) is 22.4 Å². The van der Waals surface area contributed by atoms with Crippen LogP contribution in [0.1, 0.15) is 30.1 Å². The Morgan fingerprint density at radius 3 is 2.72 bits per heavy atom. The first-order valence-electron chi connectivity index (χ1n) is 12.2. The molecular weight excluding hydrogens is 474 g/mol. The second kappa shape index (κ2) is 7.43. The molecule has 5 aromatic rings. The van der Waals surface area contributed by atoms with Gasteiger partial charge in [0, 0.05) is 58.7 Å². The van der Waals surface area contributed by atoms with Crippen LogP contribution in [-0.4, -0.2) is 54.2 Å². The summed E-state index contributed by atoms with van der Waals surface area (Å²) in [5.74, 6) is 0. The smallest absolute Gasteiger partial charge is 0.209 e. The molecule has 0 unspecified atom stereocenters.